The van der Waals surface area contributed by atoms with Gasteiger partial charge in [-0.1, -0.05) is 36.4 Å². The summed E-state index contributed by atoms with van der Waals surface area (Å²) >= 11 is 2.01. The van der Waals surface area contributed by atoms with Gasteiger partial charge in [0.1, 0.15) is 0 Å². The van der Waals surface area contributed by atoms with Crippen molar-refractivity contribution in [3.63, 3.8) is 0 Å². The largest absolute Gasteiger partial charge is 0.329 e. The van der Waals surface area contributed by atoms with E-state index < -0.39 is 0 Å². The van der Waals surface area contributed by atoms with Gasteiger partial charge in [-0.05, 0) is 29.9 Å². The number of benzene rings is 2. The zero-order valence-corrected chi connectivity index (χ0v) is 13.8. The number of hydrogen-bond acceptors (Lipinski definition) is 2. The standard InChI is InChI=1S/C19H18N2OS/c1-20-17-9-5-3-7-14(17)19-10-11-23-12-15(19)13-6-2-4-8-16(13)21(19)18(20)22/h2-9,15H,10-12H2,1H3/t15-,19+/m0/s1. The van der Waals surface area contributed by atoms with Gasteiger partial charge in [0.15, 0.2) is 0 Å². The normalized spacial score (nSPS) is 28.0. The van der Waals surface area contributed by atoms with Crippen molar-refractivity contribution in [2.75, 3.05) is 28.4 Å². The smallest absolute Gasteiger partial charge is 0.297 e. The van der Waals surface area contributed by atoms with Crippen LogP contribution in [0.1, 0.15) is 23.5 Å². The quantitative estimate of drug-likeness (QED) is 0.726. The average Bonchev–Trinajstić information content (AvgIpc) is 2.92. The molecule has 3 nitrogen and oxygen atoms in total. The maximum absolute atomic E-state index is 13.2. The Hall–Kier alpha value is -1.94. The lowest BCUT2D eigenvalue weighted by atomic mass is 9.74. The Bertz CT molecular complexity index is 821. The Morgan fingerprint density at radius 2 is 1.83 bits per heavy atom. The third-order valence-electron chi connectivity index (χ3n) is 5.65. The first kappa shape index (κ1) is 13.5. The van der Waals surface area contributed by atoms with Crippen LogP contribution in [-0.4, -0.2) is 24.6 Å². The molecule has 0 aliphatic carbocycles. The summed E-state index contributed by atoms with van der Waals surface area (Å²) in [4.78, 5) is 17.1. The van der Waals surface area contributed by atoms with E-state index in [1.54, 1.807) is 0 Å². The predicted molar refractivity (Wildman–Crippen MR) is 95.5 cm³/mol. The summed E-state index contributed by atoms with van der Waals surface area (Å²) in [5, 5.41) is 0. The van der Waals surface area contributed by atoms with Gasteiger partial charge in [0.25, 0.3) is 0 Å². The molecule has 4 heteroatoms. The van der Waals surface area contributed by atoms with Gasteiger partial charge in [-0.3, -0.25) is 9.80 Å². The molecular weight excluding hydrogens is 304 g/mol. The molecule has 3 aliphatic heterocycles. The molecule has 2 aromatic rings. The van der Waals surface area contributed by atoms with Crippen LogP contribution in [0.2, 0.25) is 0 Å². The number of hydrogen-bond donors (Lipinski definition) is 0. The van der Waals surface area contributed by atoms with Gasteiger partial charge in [-0.2, -0.15) is 11.8 Å². The topological polar surface area (TPSA) is 23.6 Å². The van der Waals surface area contributed by atoms with Crippen molar-refractivity contribution in [3.8, 4) is 0 Å². The van der Waals surface area contributed by atoms with Crippen molar-refractivity contribution in [1.29, 1.82) is 0 Å². The lowest BCUT2D eigenvalue weighted by Gasteiger charge is -2.51. The Morgan fingerprint density at radius 1 is 1.09 bits per heavy atom. The summed E-state index contributed by atoms with van der Waals surface area (Å²) in [6, 6.07) is 17.0. The molecule has 0 radical (unpaired) electrons. The van der Waals surface area contributed by atoms with Gasteiger partial charge in [0.2, 0.25) is 0 Å². The monoisotopic (exact) mass is 322 g/mol. The van der Waals surface area contributed by atoms with E-state index in [1.807, 2.05) is 35.8 Å². The molecule has 0 N–H and O–H groups in total. The first-order chi connectivity index (χ1) is 11.2. The average molecular weight is 322 g/mol. The van der Waals surface area contributed by atoms with Crippen molar-refractivity contribution < 1.29 is 4.79 Å². The molecule has 0 bridgehead atoms. The van der Waals surface area contributed by atoms with E-state index in [0.29, 0.717) is 5.92 Å². The molecule has 2 atom stereocenters. The number of nitrogens with zero attached hydrogens (tertiary/aromatic N) is 2. The number of fused-ring (bicyclic) bond motifs is 4. The minimum Gasteiger partial charge on any atom is -0.297 e. The predicted octanol–water partition coefficient (Wildman–Crippen LogP) is 4.19. The zero-order chi connectivity index (χ0) is 15.6. The number of rotatable bonds is 0. The number of carbonyl (C=O) groups is 1. The molecule has 2 aromatic carbocycles. The van der Waals surface area contributed by atoms with E-state index in [0.717, 1.165) is 29.3 Å². The van der Waals surface area contributed by atoms with Crippen LogP contribution < -0.4 is 9.80 Å². The third kappa shape index (κ3) is 1.50. The molecule has 116 valence electrons. The van der Waals surface area contributed by atoms with Crippen molar-refractivity contribution in [2.24, 2.45) is 0 Å². The van der Waals surface area contributed by atoms with Crippen LogP contribution in [0.4, 0.5) is 16.2 Å². The first-order valence-corrected chi connectivity index (χ1v) is 9.25. The van der Waals surface area contributed by atoms with Gasteiger partial charge < -0.3 is 0 Å². The fourth-order valence-electron chi connectivity index (χ4n) is 4.66. The molecule has 23 heavy (non-hydrogen) atoms. The van der Waals surface area contributed by atoms with Crippen LogP contribution in [0.15, 0.2) is 48.5 Å². The molecular formula is C19H18N2OS. The second kappa shape index (κ2) is 4.54. The number of urea groups is 1. The third-order valence-corrected chi connectivity index (χ3v) is 6.71. The number of thioether (sulfide) groups is 1. The van der Waals surface area contributed by atoms with Crippen molar-refractivity contribution in [2.45, 2.75) is 17.9 Å². The van der Waals surface area contributed by atoms with Crippen LogP contribution >= 0.6 is 11.8 Å². The summed E-state index contributed by atoms with van der Waals surface area (Å²) in [6.45, 7) is 0. The van der Waals surface area contributed by atoms with E-state index in [4.69, 9.17) is 0 Å². The van der Waals surface area contributed by atoms with Gasteiger partial charge in [0, 0.05) is 24.3 Å². The van der Waals surface area contributed by atoms with E-state index in [-0.39, 0.29) is 11.6 Å². The summed E-state index contributed by atoms with van der Waals surface area (Å²) in [6.07, 6.45) is 1.02. The second-order valence-corrected chi connectivity index (χ2v) is 7.70. The van der Waals surface area contributed by atoms with E-state index >= 15 is 0 Å². The minimum absolute atomic E-state index is 0.102. The molecule has 0 unspecified atom stereocenters. The highest BCUT2D eigenvalue weighted by atomic mass is 32.2. The van der Waals surface area contributed by atoms with Crippen LogP contribution in [0.3, 0.4) is 0 Å². The molecule has 2 amide bonds. The summed E-state index contributed by atoms with van der Waals surface area (Å²) in [5.41, 5.74) is 4.61. The number of amides is 2. The van der Waals surface area contributed by atoms with Crippen molar-refractivity contribution in [1.82, 2.24) is 0 Å². The summed E-state index contributed by atoms with van der Waals surface area (Å²) in [7, 11) is 1.89. The maximum atomic E-state index is 13.2. The van der Waals surface area contributed by atoms with E-state index in [9.17, 15) is 4.79 Å². The highest BCUT2D eigenvalue weighted by molar-refractivity contribution is 7.99. The Balaban J connectivity index is 1.86. The molecule has 1 fully saturated rings. The van der Waals surface area contributed by atoms with Crippen molar-refractivity contribution in [3.05, 3.63) is 59.7 Å². The lowest BCUT2D eigenvalue weighted by Crippen LogP contribution is -2.59. The minimum atomic E-state index is -0.199. The fraction of sp³-hybridized carbons (Fsp3) is 0.316. The zero-order valence-electron chi connectivity index (χ0n) is 13.0. The highest BCUT2D eigenvalue weighted by Crippen LogP contribution is 2.61. The summed E-state index contributed by atoms with van der Waals surface area (Å²) in [5.74, 6) is 2.57. The SMILES string of the molecule is CN1C(=O)N2c3ccccc3[C@@H]3CSCC[C@@]32c2ccccc21. The van der Waals surface area contributed by atoms with Crippen molar-refractivity contribution >= 4 is 29.2 Å². The molecule has 0 saturated carbocycles. The molecule has 3 heterocycles. The van der Waals surface area contributed by atoms with Crippen LogP contribution in [0, 0.1) is 0 Å². The Morgan fingerprint density at radius 3 is 2.70 bits per heavy atom. The van der Waals surface area contributed by atoms with Gasteiger partial charge in [-0.25, -0.2) is 4.79 Å². The molecule has 1 saturated heterocycles. The van der Waals surface area contributed by atoms with Crippen LogP contribution in [0.5, 0.6) is 0 Å². The van der Waals surface area contributed by atoms with Gasteiger partial charge in [0.05, 0.1) is 16.9 Å². The second-order valence-electron chi connectivity index (χ2n) is 6.55. The van der Waals surface area contributed by atoms with Crippen LogP contribution in [0.25, 0.3) is 0 Å². The van der Waals surface area contributed by atoms with E-state index in [1.165, 1.54) is 11.1 Å². The molecule has 5 rings (SSSR count). The molecule has 1 spiro atoms. The maximum Gasteiger partial charge on any atom is 0.329 e. The lowest BCUT2D eigenvalue weighted by molar-refractivity contribution is 0.237. The van der Waals surface area contributed by atoms with Crippen LogP contribution in [-0.2, 0) is 5.54 Å². The Labute approximate surface area is 140 Å². The molecule has 0 aromatic heterocycles. The van der Waals surface area contributed by atoms with Gasteiger partial charge in [-0.15, -0.1) is 0 Å². The molecule has 3 aliphatic rings. The van der Waals surface area contributed by atoms with Gasteiger partial charge >= 0.3 is 6.03 Å². The summed E-state index contributed by atoms with van der Waals surface area (Å²) < 4.78 is 0. The Kier molecular flexibility index (Phi) is 2.66. The number of carbonyl (C=O) groups excluding carboxylic acids is 1. The highest BCUT2D eigenvalue weighted by Gasteiger charge is 2.59. The first-order valence-electron chi connectivity index (χ1n) is 8.09. The number of anilines is 2. The van der Waals surface area contributed by atoms with E-state index in [2.05, 4.69) is 41.3 Å². The number of para-hydroxylation sites is 2. The fourth-order valence-corrected chi connectivity index (χ4v) is 5.97.